The van der Waals surface area contributed by atoms with Crippen LogP contribution in [0.4, 0.5) is 18.9 Å². The molecule has 5 nitrogen and oxygen atoms in total. The number of fused-ring (bicyclic) bond motifs is 1. The molecule has 3 aromatic carbocycles. The smallest absolute Gasteiger partial charge is 0.355 e. The molecule has 0 spiro atoms. The van der Waals surface area contributed by atoms with Gasteiger partial charge in [0.25, 0.3) is 5.91 Å². The molecule has 0 aliphatic rings. The van der Waals surface area contributed by atoms with Gasteiger partial charge >= 0.3 is 6.18 Å². The first kappa shape index (κ1) is 22.1. The van der Waals surface area contributed by atoms with Gasteiger partial charge in [-0.2, -0.15) is 18.4 Å². The average molecular weight is 468 g/mol. The Balaban J connectivity index is 1.64. The maximum absolute atomic E-state index is 13.1. The van der Waals surface area contributed by atoms with Crippen LogP contribution in [-0.4, -0.2) is 11.1 Å². The Morgan fingerprint density at radius 1 is 1.09 bits per heavy atom. The van der Waals surface area contributed by atoms with E-state index in [0.717, 1.165) is 11.6 Å². The van der Waals surface area contributed by atoms with Crippen LogP contribution in [0.15, 0.2) is 76.8 Å². The molecule has 0 saturated carbocycles. The number of benzene rings is 3. The number of alkyl halides is 3. The summed E-state index contributed by atoms with van der Waals surface area (Å²) < 4.78 is 44.6. The summed E-state index contributed by atoms with van der Waals surface area (Å²) in [4.78, 5) is 12.5. The van der Waals surface area contributed by atoms with Crippen molar-refractivity contribution in [3.05, 3.63) is 88.5 Å². The van der Waals surface area contributed by atoms with Crippen molar-refractivity contribution in [2.75, 3.05) is 5.32 Å². The number of nitrogens with one attached hydrogen (secondary N) is 1. The fourth-order valence-electron chi connectivity index (χ4n) is 3.18. The first-order chi connectivity index (χ1) is 15.8. The Bertz CT molecular complexity index is 1420. The lowest BCUT2D eigenvalue weighted by Crippen LogP contribution is -2.14. The highest BCUT2D eigenvalue weighted by Crippen LogP contribution is 2.36. The Morgan fingerprint density at radius 3 is 2.55 bits per heavy atom. The van der Waals surface area contributed by atoms with Crippen molar-refractivity contribution in [3.8, 4) is 17.4 Å². The highest BCUT2D eigenvalue weighted by Gasteiger charge is 2.33. The average Bonchev–Trinajstić information content (AvgIpc) is 3.21. The number of aromatic nitrogens is 1. The fraction of sp³-hybridized carbons (Fsp3) is 0.0417. The van der Waals surface area contributed by atoms with E-state index in [1.165, 1.54) is 12.1 Å². The number of amides is 1. The number of halogens is 4. The second kappa shape index (κ2) is 8.81. The van der Waals surface area contributed by atoms with E-state index >= 15 is 0 Å². The molecule has 1 amide bonds. The Morgan fingerprint density at radius 2 is 1.85 bits per heavy atom. The van der Waals surface area contributed by atoms with E-state index in [1.807, 2.05) is 30.3 Å². The van der Waals surface area contributed by atoms with Gasteiger partial charge in [-0.3, -0.25) is 4.79 Å². The van der Waals surface area contributed by atoms with Crippen LogP contribution in [0, 0.1) is 11.3 Å². The lowest BCUT2D eigenvalue weighted by Gasteiger charge is -2.11. The molecule has 0 atom stereocenters. The van der Waals surface area contributed by atoms with Gasteiger partial charge in [0.1, 0.15) is 17.2 Å². The molecule has 1 N–H and O–H groups in total. The molecule has 0 fully saturated rings. The van der Waals surface area contributed by atoms with Crippen LogP contribution in [0.1, 0.15) is 11.1 Å². The molecule has 0 unspecified atom stereocenters. The standard InChI is InChI=1S/C24H13ClF3N3O2/c25-20-8-7-17(12-19(20)24(26,27)28)30-23(32)16(13-29)10-14-6-9-21-18(11-14)22(33-31-21)15-4-2-1-3-5-15/h1-12H,(H,30,32). The van der Waals surface area contributed by atoms with Gasteiger partial charge in [0.15, 0.2) is 5.76 Å². The van der Waals surface area contributed by atoms with Crippen LogP contribution in [-0.2, 0) is 11.0 Å². The van der Waals surface area contributed by atoms with Crippen molar-refractivity contribution < 1.29 is 22.5 Å². The lowest BCUT2D eigenvalue weighted by molar-refractivity contribution is -0.137. The summed E-state index contributed by atoms with van der Waals surface area (Å²) in [6.07, 6.45) is -3.35. The van der Waals surface area contributed by atoms with Crippen LogP contribution in [0.2, 0.25) is 5.02 Å². The molecule has 4 rings (SSSR count). The van der Waals surface area contributed by atoms with E-state index < -0.39 is 22.7 Å². The van der Waals surface area contributed by atoms with Gasteiger partial charge in [-0.05, 0) is 42.0 Å². The molecule has 0 bridgehead atoms. The number of nitrogens with zero attached hydrogens (tertiary/aromatic N) is 2. The van der Waals surface area contributed by atoms with Gasteiger partial charge in [0, 0.05) is 11.3 Å². The first-order valence-corrected chi connectivity index (χ1v) is 9.89. The Kier molecular flexibility index (Phi) is 5.90. The van der Waals surface area contributed by atoms with Gasteiger partial charge in [-0.1, -0.05) is 53.2 Å². The molecule has 0 aliphatic carbocycles. The summed E-state index contributed by atoms with van der Waals surface area (Å²) in [5.74, 6) is -0.328. The van der Waals surface area contributed by atoms with Gasteiger partial charge in [-0.15, -0.1) is 0 Å². The summed E-state index contributed by atoms with van der Waals surface area (Å²) in [5, 5.41) is 16.0. The molecule has 1 aromatic heterocycles. The minimum absolute atomic E-state index is 0.140. The Hall–Kier alpha value is -4.09. The van der Waals surface area contributed by atoms with Crippen LogP contribution in [0.3, 0.4) is 0 Å². The van der Waals surface area contributed by atoms with E-state index in [-0.39, 0.29) is 11.3 Å². The maximum Gasteiger partial charge on any atom is 0.417 e. The molecule has 0 saturated heterocycles. The predicted molar refractivity (Wildman–Crippen MR) is 118 cm³/mol. The molecule has 0 aliphatic heterocycles. The minimum atomic E-state index is -4.68. The molecule has 33 heavy (non-hydrogen) atoms. The molecular weight excluding hydrogens is 455 g/mol. The van der Waals surface area contributed by atoms with Crippen molar-refractivity contribution in [1.82, 2.24) is 5.16 Å². The van der Waals surface area contributed by atoms with Crippen LogP contribution < -0.4 is 5.32 Å². The zero-order chi connectivity index (χ0) is 23.6. The van der Waals surface area contributed by atoms with Gasteiger partial charge in [0.05, 0.1) is 16.0 Å². The maximum atomic E-state index is 13.1. The molecule has 4 aromatic rings. The number of carbonyl (C=O) groups excluding carboxylic acids is 1. The van der Waals surface area contributed by atoms with E-state index in [4.69, 9.17) is 16.1 Å². The predicted octanol–water partition coefficient (Wildman–Crippen LogP) is 6.71. The largest absolute Gasteiger partial charge is 0.417 e. The summed E-state index contributed by atoms with van der Waals surface area (Å²) >= 11 is 5.60. The summed E-state index contributed by atoms with van der Waals surface area (Å²) in [6.45, 7) is 0. The Labute approximate surface area is 190 Å². The minimum Gasteiger partial charge on any atom is -0.355 e. The quantitative estimate of drug-likeness (QED) is 0.267. The highest BCUT2D eigenvalue weighted by atomic mass is 35.5. The third-order valence-corrected chi connectivity index (χ3v) is 5.07. The summed E-state index contributed by atoms with van der Waals surface area (Å²) in [5.41, 5.74) is 0.393. The normalized spacial score (nSPS) is 11.9. The number of hydrogen-bond donors (Lipinski definition) is 1. The van der Waals surface area contributed by atoms with Crippen molar-refractivity contribution in [3.63, 3.8) is 0 Å². The molecular formula is C24H13ClF3N3O2. The number of anilines is 1. The third-order valence-electron chi connectivity index (χ3n) is 4.74. The lowest BCUT2D eigenvalue weighted by atomic mass is 10.0. The van der Waals surface area contributed by atoms with Crippen molar-refractivity contribution >= 4 is 40.2 Å². The first-order valence-electron chi connectivity index (χ1n) is 9.51. The zero-order valence-electron chi connectivity index (χ0n) is 16.7. The van der Waals surface area contributed by atoms with Crippen LogP contribution >= 0.6 is 11.6 Å². The third kappa shape index (κ3) is 4.73. The van der Waals surface area contributed by atoms with E-state index in [2.05, 4.69) is 10.5 Å². The summed E-state index contributed by atoms with van der Waals surface area (Å²) in [6, 6.07) is 19.1. The topological polar surface area (TPSA) is 78.9 Å². The van der Waals surface area contributed by atoms with Crippen LogP contribution in [0.25, 0.3) is 28.3 Å². The SMILES string of the molecule is N#CC(=Cc1ccc2noc(-c3ccccc3)c2c1)C(=O)Nc1ccc(Cl)c(C(F)(F)F)c1. The number of rotatable bonds is 4. The summed E-state index contributed by atoms with van der Waals surface area (Å²) in [7, 11) is 0. The van der Waals surface area contributed by atoms with Crippen molar-refractivity contribution in [1.29, 1.82) is 5.26 Å². The number of nitriles is 1. The van der Waals surface area contributed by atoms with E-state index in [9.17, 15) is 23.2 Å². The van der Waals surface area contributed by atoms with Crippen molar-refractivity contribution in [2.24, 2.45) is 0 Å². The molecule has 1 heterocycles. The molecule has 164 valence electrons. The van der Waals surface area contributed by atoms with Crippen molar-refractivity contribution in [2.45, 2.75) is 6.18 Å². The van der Waals surface area contributed by atoms with E-state index in [0.29, 0.717) is 28.3 Å². The number of hydrogen-bond acceptors (Lipinski definition) is 4. The van der Waals surface area contributed by atoms with Gasteiger partial charge < -0.3 is 9.84 Å². The van der Waals surface area contributed by atoms with Crippen LogP contribution in [0.5, 0.6) is 0 Å². The highest BCUT2D eigenvalue weighted by molar-refractivity contribution is 6.31. The second-order valence-corrected chi connectivity index (χ2v) is 7.38. The fourth-order valence-corrected chi connectivity index (χ4v) is 3.41. The molecule has 0 radical (unpaired) electrons. The monoisotopic (exact) mass is 467 g/mol. The number of carbonyl (C=O) groups is 1. The second-order valence-electron chi connectivity index (χ2n) is 6.97. The van der Waals surface area contributed by atoms with E-state index in [1.54, 1.807) is 24.3 Å². The van der Waals surface area contributed by atoms with Gasteiger partial charge in [0.2, 0.25) is 0 Å². The molecule has 9 heteroatoms. The zero-order valence-corrected chi connectivity index (χ0v) is 17.4. The van der Waals surface area contributed by atoms with Gasteiger partial charge in [-0.25, -0.2) is 0 Å².